The van der Waals surface area contributed by atoms with Gasteiger partial charge in [0.05, 0.1) is 5.71 Å². The van der Waals surface area contributed by atoms with Gasteiger partial charge in [-0.05, 0) is 5.56 Å². The molecule has 0 bridgehead atoms. The Morgan fingerprint density at radius 2 is 2.00 bits per heavy atom. The van der Waals surface area contributed by atoms with E-state index in [1.807, 2.05) is 30.3 Å². The molecule has 1 atom stereocenters. The van der Waals surface area contributed by atoms with Gasteiger partial charge in [0.15, 0.2) is 6.00 Å². The second kappa shape index (κ2) is 3.81. The van der Waals surface area contributed by atoms with E-state index in [9.17, 15) is 0 Å². The fraction of sp³-hybridized carbons (Fsp3) is 0.222. The number of rotatable bonds is 2. The van der Waals surface area contributed by atoms with Crippen LogP contribution in [0.4, 0.5) is 0 Å². The first-order valence-corrected chi connectivity index (χ1v) is 4.41. The van der Waals surface area contributed by atoms with Crippen LogP contribution in [0, 0.1) is 0 Å². The second-order valence-electron chi connectivity index (χ2n) is 3.17. The minimum absolute atomic E-state index is 0.432. The number of benzene rings is 1. The maximum atomic E-state index is 8.87. The normalized spacial score (nSPS) is 20.1. The van der Waals surface area contributed by atoms with Gasteiger partial charge >= 0.3 is 7.12 Å². The topological polar surface area (TPSA) is 62.0 Å². The second-order valence-corrected chi connectivity index (χ2v) is 3.17. The molecule has 1 unspecified atom stereocenters. The lowest BCUT2D eigenvalue weighted by molar-refractivity contribution is 0.112. The van der Waals surface area contributed by atoms with Gasteiger partial charge in [0.2, 0.25) is 0 Å². The van der Waals surface area contributed by atoms with E-state index in [0.717, 1.165) is 11.3 Å². The van der Waals surface area contributed by atoms with Gasteiger partial charge in [0.1, 0.15) is 0 Å². The van der Waals surface area contributed by atoms with Crippen molar-refractivity contribution in [1.29, 1.82) is 0 Å². The molecule has 0 radical (unpaired) electrons. The molecule has 2 N–H and O–H groups in total. The Bertz CT molecular complexity index is 339. The van der Waals surface area contributed by atoms with Crippen LogP contribution in [0.1, 0.15) is 12.0 Å². The molecule has 14 heavy (non-hydrogen) atoms. The van der Waals surface area contributed by atoms with Gasteiger partial charge in [-0.15, -0.1) is 0 Å². The molecule has 0 saturated carbocycles. The minimum Gasteiger partial charge on any atom is -0.425 e. The predicted octanol–water partition coefficient (Wildman–Crippen LogP) is 0.192. The van der Waals surface area contributed by atoms with E-state index in [4.69, 9.17) is 14.9 Å². The summed E-state index contributed by atoms with van der Waals surface area (Å²) in [5, 5.41) is 21.6. The van der Waals surface area contributed by atoms with Crippen LogP contribution >= 0.6 is 0 Å². The Labute approximate surface area is 82.0 Å². The fourth-order valence-electron chi connectivity index (χ4n) is 1.36. The van der Waals surface area contributed by atoms with Gasteiger partial charge in [-0.3, -0.25) is 0 Å². The van der Waals surface area contributed by atoms with Crippen molar-refractivity contribution in [2.24, 2.45) is 5.16 Å². The molecule has 0 aromatic heterocycles. The van der Waals surface area contributed by atoms with Crippen molar-refractivity contribution in [2.45, 2.75) is 12.4 Å². The first-order valence-electron chi connectivity index (χ1n) is 4.41. The van der Waals surface area contributed by atoms with Crippen LogP contribution in [0.15, 0.2) is 35.5 Å². The monoisotopic (exact) mass is 191 g/mol. The van der Waals surface area contributed by atoms with E-state index in [-0.39, 0.29) is 0 Å². The van der Waals surface area contributed by atoms with Crippen LogP contribution < -0.4 is 0 Å². The minimum atomic E-state index is -1.47. The molecule has 2 rings (SSSR count). The van der Waals surface area contributed by atoms with Gasteiger partial charge in [0, 0.05) is 6.42 Å². The molecule has 1 aliphatic rings. The average molecular weight is 191 g/mol. The molecule has 1 aromatic rings. The van der Waals surface area contributed by atoms with Crippen LogP contribution in [0.2, 0.25) is 0 Å². The molecule has 0 spiro atoms. The largest absolute Gasteiger partial charge is 0.498 e. The third kappa shape index (κ3) is 1.78. The van der Waals surface area contributed by atoms with E-state index in [0.29, 0.717) is 6.42 Å². The molecule has 0 saturated heterocycles. The van der Waals surface area contributed by atoms with Gasteiger partial charge in [-0.2, -0.15) is 0 Å². The fourth-order valence-corrected chi connectivity index (χ4v) is 1.36. The maximum Gasteiger partial charge on any atom is 0.498 e. The first-order chi connectivity index (χ1) is 6.77. The molecule has 1 heterocycles. The highest BCUT2D eigenvalue weighted by molar-refractivity contribution is 6.43. The lowest BCUT2D eigenvalue weighted by Gasteiger charge is -2.04. The number of hydrogen-bond acceptors (Lipinski definition) is 4. The van der Waals surface area contributed by atoms with Gasteiger partial charge in [-0.25, -0.2) is 0 Å². The standard InChI is InChI=1S/C9H10BNO3/c12-10(13)9-6-8(11-14-9)7-4-2-1-3-5-7/h1-5,9,12-13H,6H2. The van der Waals surface area contributed by atoms with Crippen molar-refractivity contribution in [1.82, 2.24) is 0 Å². The smallest absolute Gasteiger partial charge is 0.425 e. The molecular formula is C9H10BNO3. The summed E-state index contributed by atoms with van der Waals surface area (Å²) in [6.07, 6.45) is 0.432. The van der Waals surface area contributed by atoms with Crippen LogP contribution in [-0.4, -0.2) is 28.9 Å². The molecule has 1 aliphatic heterocycles. The molecule has 0 amide bonds. The highest BCUT2D eigenvalue weighted by atomic mass is 16.7. The maximum absolute atomic E-state index is 8.87. The summed E-state index contributed by atoms with van der Waals surface area (Å²) in [4.78, 5) is 4.87. The molecule has 72 valence electrons. The zero-order valence-corrected chi connectivity index (χ0v) is 7.50. The summed E-state index contributed by atoms with van der Waals surface area (Å²) in [5.41, 5.74) is 1.71. The van der Waals surface area contributed by atoms with E-state index in [1.165, 1.54) is 0 Å². The molecular weight excluding hydrogens is 181 g/mol. The Kier molecular flexibility index (Phi) is 2.52. The summed E-state index contributed by atoms with van der Waals surface area (Å²) < 4.78 is 0. The SMILES string of the molecule is OB(O)C1CC(c2ccccc2)=NO1. The van der Waals surface area contributed by atoms with E-state index < -0.39 is 13.1 Å². The Hall–Kier alpha value is -1.33. The summed E-state index contributed by atoms with van der Waals surface area (Å²) in [5.74, 6) is 0. The van der Waals surface area contributed by atoms with Gasteiger partial charge in [0.25, 0.3) is 0 Å². The Balaban J connectivity index is 2.09. The molecule has 1 aromatic carbocycles. The van der Waals surface area contributed by atoms with Crippen LogP contribution in [-0.2, 0) is 4.84 Å². The van der Waals surface area contributed by atoms with Crippen molar-refractivity contribution in [2.75, 3.05) is 0 Å². The third-order valence-electron chi connectivity index (χ3n) is 2.13. The highest BCUT2D eigenvalue weighted by Crippen LogP contribution is 2.16. The summed E-state index contributed by atoms with van der Waals surface area (Å²) in [6, 6.07) is 8.91. The van der Waals surface area contributed by atoms with Crippen LogP contribution in [0.25, 0.3) is 0 Å². The number of oxime groups is 1. The van der Waals surface area contributed by atoms with E-state index >= 15 is 0 Å². The average Bonchev–Trinajstić information content (AvgIpc) is 2.68. The van der Waals surface area contributed by atoms with Crippen molar-refractivity contribution in [3.05, 3.63) is 35.9 Å². The van der Waals surface area contributed by atoms with Crippen molar-refractivity contribution >= 4 is 12.8 Å². The lowest BCUT2D eigenvalue weighted by atomic mass is 9.79. The molecule has 0 fully saturated rings. The zero-order valence-electron chi connectivity index (χ0n) is 7.50. The summed E-state index contributed by atoms with van der Waals surface area (Å²) in [7, 11) is -1.47. The third-order valence-corrected chi connectivity index (χ3v) is 2.13. The van der Waals surface area contributed by atoms with Gasteiger partial charge in [-0.1, -0.05) is 35.5 Å². The van der Waals surface area contributed by atoms with Crippen molar-refractivity contribution in [3.63, 3.8) is 0 Å². The summed E-state index contributed by atoms with van der Waals surface area (Å²) >= 11 is 0. The van der Waals surface area contributed by atoms with Crippen LogP contribution in [0.3, 0.4) is 0 Å². The Morgan fingerprint density at radius 1 is 1.29 bits per heavy atom. The van der Waals surface area contributed by atoms with Gasteiger partial charge < -0.3 is 14.9 Å². The number of nitrogens with zero attached hydrogens (tertiary/aromatic N) is 1. The lowest BCUT2D eigenvalue weighted by Crippen LogP contribution is -2.31. The molecule has 5 heteroatoms. The predicted molar refractivity (Wildman–Crippen MR) is 52.7 cm³/mol. The van der Waals surface area contributed by atoms with E-state index in [2.05, 4.69) is 5.16 Å². The van der Waals surface area contributed by atoms with Crippen LogP contribution in [0.5, 0.6) is 0 Å². The Morgan fingerprint density at radius 3 is 2.57 bits per heavy atom. The first kappa shape index (κ1) is 9.24. The quantitative estimate of drug-likeness (QED) is 0.656. The molecule has 0 aliphatic carbocycles. The van der Waals surface area contributed by atoms with E-state index in [1.54, 1.807) is 0 Å². The van der Waals surface area contributed by atoms with Crippen molar-refractivity contribution in [3.8, 4) is 0 Å². The highest BCUT2D eigenvalue weighted by Gasteiger charge is 2.32. The zero-order chi connectivity index (χ0) is 9.97. The van der Waals surface area contributed by atoms with Crippen molar-refractivity contribution < 1.29 is 14.9 Å². The summed E-state index contributed by atoms with van der Waals surface area (Å²) in [6.45, 7) is 0. The molecule has 4 nitrogen and oxygen atoms in total. The number of hydrogen-bond donors (Lipinski definition) is 2.